The summed E-state index contributed by atoms with van der Waals surface area (Å²) < 4.78 is 17.4. The number of nitriles is 1. The maximum absolute atomic E-state index is 12.9. The zero-order valence-electron chi connectivity index (χ0n) is 20.9. The molecule has 0 saturated carbocycles. The van der Waals surface area contributed by atoms with Crippen LogP contribution in [0.15, 0.2) is 82.8 Å². The number of non-ortho nitro benzene ring substituents is 1. The lowest BCUT2D eigenvalue weighted by atomic mass is 10.1. The molecule has 0 aliphatic rings. The highest BCUT2D eigenvalue weighted by Crippen LogP contribution is 2.38. The first kappa shape index (κ1) is 27.2. The van der Waals surface area contributed by atoms with E-state index in [-0.39, 0.29) is 22.7 Å². The van der Waals surface area contributed by atoms with Gasteiger partial charge in [0.1, 0.15) is 24.0 Å². The summed E-state index contributed by atoms with van der Waals surface area (Å²) in [6.07, 6.45) is 1.38. The first-order valence-corrected chi connectivity index (χ1v) is 12.4. The molecule has 0 aliphatic carbocycles. The average molecular weight is 588 g/mol. The van der Waals surface area contributed by atoms with Gasteiger partial charge in [0.05, 0.1) is 29.3 Å². The Balaban J connectivity index is 1.58. The predicted octanol–water partition coefficient (Wildman–Crippen LogP) is 6.65. The molecule has 0 aromatic heterocycles. The van der Waals surface area contributed by atoms with Crippen molar-refractivity contribution in [1.82, 2.24) is 0 Å². The van der Waals surface area contributed by atoms with E-state index in [1.54, 1.807) is 12.1 Å². The van der Waals surface area contributed by atoms with Crippen molar-refractivity contribution in [1.29, 1.82) is 5.26 Å². The van der Waals surface area contributed by atoms with E-state index >= 15 is 0 Å². The van der Waals surface area contributed by atoms with E-state index in [2.05, 4.69) is 21.2 Å². The van der Waals surface area contributed by atoms with E-state index in [4.69, 9.17) is 14.2 Å². The van der Waals surface area contributed by atoms with Gasteiger partial charge >= 0.3 is 0 Å². The number of nitrogens with one attached hydrogen (secondary N) is 1. The number of nitro groups is 1. The summed E-state index contributed by atoms with van der Waals surface area (Å²) in [7, 11) is 2.86. The van der Waals surface area contributed by atoms with Gasteiger partial charge in [0, 0.05) is 12.1 Å². The second kappa shape index (κ2) is 12.1. The van der Waals surface area contributed by atoms with Crippen LogP contribution in [0.25, 0.3) is 16.8 Å². The van der Waals surface area contributed by atoms with Crippen LogP contribution in [0.3, 0.4) is 0 Å². The fourth-order valence-corrected chi connectivity index (χ4v) is 4.52. The van der Waals surface area contributed by atoms with E-state index < -0.39 is 10.8 Å². The standard InChI is InChI=1S/C29H22BrN3O6/c1-37-26-11-10-22(33(35)36)15-25(26)32-29(34)21(16-31)12-18-13-24(30)28(27(14-18)38-2)39-17-20-8-5-7-19-6-3-4-9-23(19)20/h3-15H,17H2,1-2H3,(H,32,34)/b21-12+. The molecule has 9 nitrogen and oxygen atoms in total. The first-order valence-electron chi connectivity index (χ1n) is 11.6. The third-order valence-corrected chi connectivity index (χ3v) is 6.41. The molecule has 1 amide bonds. The highest BCUT2D eigenvalue weighted by molar-refractivity contribution is 9.10. The number of carbonyl (C=O) groups excluding carboxylic acids is 1. The smallest absolute Gasteiger partial charge is 0.271 e. The van der Waals surface area contributed by atoms with Crippen LogP contribution < -0.4 is 19.5 Å². The molecule has 0 bridgehead atoms. The Kier molecular flexibility index (Phi) is 8.43. The van der Waals surface area contributed by atoms with Crippen LogP contribution in [0.5, 0.6) is 17.2 Å². The Morgan fingerprint density at radius 2 is 1.79 bits per heavy atom. The van der Waals surface area contributed by atoms with Gasteiger partial charge in [0.15, 0.2) is 11.5 Å². The summed E-state index contributed by atoms with van der Waals surface area (Å²) in [6.45, 7) is 0.294. The molecule has 10 heteroatoms. The number of hydrogen-bond acceptors (Lipinski definition) is 7. The van der Waals surface area contributed by atoms with Gasteiger partial charge in [-0.05, 0) is 62.1 Å². The number of anilines is 1. The molecule has 0 radical (unpaired) electrons. The van der Waals surface area contributed by atoms with Crippen molar-refractivity contribution in [3.8, 4) is 23.3 Å². The van der Waals surface area contributed by atoms with Crippen LogP contribution in [0.4, 0.5) is 11.4 Å². The number of halogens is 1. The summed E-state index contributed by atoms with van der Waals surface area (Å²) in [5.41, 5.74) is 1.09. The molecule has 4 aromatic carbocycles. The number of ether oxygens (including phenoxy) is 3. The van der Waals surface area contributed by atoms with Gasteiger partial charge in [0.25, 0.3) is 11.6 Å². The molecule has 4 rings (SSSR count). The monoisotopic (exact) mass is 587 g/mol. The number of nitro benzene ring substituents is 1. The lowest BCUT2D eigenvalue weighted by molar-refractivity contribution is -0.384. The lowest BCUT2D eigenvalue weighted by Crippen LogP contribution is -2.14. The number of rotatable bonds is 9. The SMILES string of the molecule is COc1ccc([N+](=O)[O-])cc1NC(=O)/C(C#N)=C/c1cc(Br)c(OCc2cccc3ccccc23)c(OC)c1. The van der Waals surface area contributed by atoms with Gasteiger partial charge in [0.2, 0.25) is 0 Å². The molecule has 1 N–H and O–H groups in total. The zero-order chi connectivity index (χ0) is 27.9. The molecule has 0 aliphatic heterocycles. The fourth-order valence-electron chi connectivity index (χ4n) is 3.94. The second-order valence-corrected chi connectivity index (χ2v) is 9.08. The number of fused-ring (bicyclic) bond motifs is 1. The number of nitrogens with zero attached hydrogens (tertiary/aromatic N) is 2. The highest BCUT2D eigenvalue weighted by Gasteiger charge is 2.18. The minimum absolute atomic E-state index is 0.0637. The van der Waals surface area contributed by atoms with Gasteiger partial charge in [-0.15, -0.1) is 0 Å². The topological polar surface area (TPSA) is 124 Å². The Morgan fingerprint density at radius 1 is 1.05 bits per heavy atom. The van der Waals surface area contributed by atoms with Crippen LogP contribution in [0, 0.1) is 21.4 Å². The van der Waals surface area contributed by atoms with E-state index in [0.29, 0.717) is 28.1 Å². The van der Waals surface area contributed by atoms with Crippen molar-refractivity contribution in [2.45, 2.75) is 6.61 Å². The molecule has 0 saturated heterocycles. The Labute approximate surface area is 232 Å². The summed E-state index contributed by atoms with van der Waals surface area (Å²) in [6, 6.07) is 23.0. The maximum Gasteiger partial charge on any atom is 0.271 e. The normalized spacial score (nSPS) is 11.0. The van der Waals surface area contributed by atoms with Crippen LogP contribution >= 0.6 is 15.9 Å². The largest absolute Gasteiger partial charge is 0.495 e. The number of carbonyl (C=O) groups is 1. The number of hydrogen-bond donors (Lipinski definition) is 1. The van der Waals surface area contributed by atoms with Crippen LogP contribution in [0.1, 0.15) is 11.1 Å². The summed E-state index contributed by atoms with van der Waals surface area (Å²) >= 11 is 3.51. The maximum atomic E-state index is 12.9. The highest BCUT2D eigenvalue weighted by atomic mass is 79.9. The number of benzene rings is 4. The minimum atomic E-state index is -0.761. The second-order valence-electron chi connectivity index (χ2n) is 8.23. The summed E-state index contributed by atoms with van der Waals surface area (Å²) in [5, 5.41) is 25.5. The van der Waals surface area contributed by atoms with Crippen molar-refractivity contribution < 1.29 is 23.9 Å². The number of methoxy groups -OCH3 is 2. The first-order chi connectivity index (χ1) is 18.8. The van der Waals surface area contributed by atoms with Crippen LogP contribution in [0.2, 0.25) is 0 Å². The third-order valence-electron chi connectivity index (χ3n) is 5.82. The Bertz CT molecular complexity index is 1640. The van der Waals surface area contributed by atoms with E-state index in [0.717, 1.165) is 22.4 Å². The molecule has 4 aromatic rings. The molecular weight excluding hydrogens is 566 g/mol. The molecule has 196 valence electrons. The van der Waals surface area contributed by atoms with Crippen molar-refractivity contribution in [3.05, 3.63) is 104 Å². The molecular formula is C29H22BrN3O6. The van der Waals surface area contributed by atoms with Crippen LogP contribution in [-0.2, 0) is 11.4 Å². The third kappa shape index (κ3) is 6.17. The van der Waals surface area contributed by atoms with Gasteiger partial charge in [-0.2, -0.15) is 5.26 Å². The summed E-state index contributed by atoms with van der Waals surface area (Å²) in [4.78, 5) is 23.4. The molecule has 0 heterocycles. The molecule has 0 unspecified atom stereocenters. The quantitative estimate of drug-likeness (QED) is 0.100. The van der Waals surface area contributed by atoms with Crippen molar-refractivity contribution in [3.63, 3.8) is 0 Å². The minimum Gasteiger partial charge on any atom is -0.495 e. The zero-order valence-corrected chi connectivity index (χ0v) is 22.5. The van der Waals surface area contributed by atoms with Gasteiger partial charge in [-0.3, -0.25) is 14.9 Å². The van der Waals surface area contributed by atoms with Gasteiger partial charge < -0.3 is 19.5 Å². The van der Waals surface area contributed by atoms with Crippen molar-refractivity contribution >= 4 is 50.1 Å². The van der Waals surface area contributed by atoms with Gasteiger partial charge in [-0.25, -0.2) is 0 Å². The molecule has 0 atom stereocenters. The van der Waals surface area contributed by atoms with E-state index in [1.807, 2.05) is 48.5 Å². The van der Waals surface area contributed by atoms with E-state index in [9.17, 15) is 20.2 Å². The summed E-state index contributed by atoms with van der Waals surface area (Å²) in [5.74, 6) is 0.312. The average Bonchev–Trinajstić information content (AvgIpc) is 2.94. The van der Waals surface area contributed by atoms with Crippen molar-refractivity contribution in [2.75, 3.05) is 19.5 Å². The predicted molar refractivity (Wildman–Crippen MR) is 151 cm³/mol. The Hall–Kier alpha value is -4.88. The Morgan fingerprint density at radius 3 is 2.51 bits per heavy atom. The van der Waals surface area contributed by atoms with E-state index in [1.165, 1.54) is 32.4 Å². The van der Waals surface area contributed by atoms with Crippen LogP contribution in [-0.4, -0.2) is 25.1 Å². The fraction of sp³-hybridized carbons (Fsp3) is 0.103. The molecule has 39 heavy (non-hydrogen) atoms. The molecule has 0 spiro atoms. The number of amides is 1. The van der Waals surface area contributed by atoms with Gasteiger partial charge in [-0.1, -0.05) is 42.5 Å². The lowest BCUT2D eigenvalue weighted by Gasteiger charge is -2.15. The van der Waals surface area contributed by atoms with Crippen molar-refractivity contribution in [2.24, 2.45) is 0 Å². The molecule has 0 fully saturated rings.